The van der Waals surface area contributed by atoms with Crippen molar-refractivity contribution in [2.24, 2.45) is 5.92 Å². The molecule has 1 unspecified atom stereocenters. The SMILES string of the molecule is CC(C)COCCNC(C)c1ccccc1Br. The molecule has 1 aromatic carbocycles. The Balaban J connectivity index is 2.26. The van der Waals surface area contributed by atoms with Crippen molar-refractivity contribution in [3.63, 3.8) is 0 Å². The number of hydrogen-bond acceptors (Lipinski definition) is 2. The standard InChI is InChI=1S/C14H22BrNO/c1-11(2)10-17-9-8-16-12(3)13-6-4-5-7-14(13)15/h4-7,11-12,16H,8-10H2,1-3H3. The highest BCUT2D eigenvalue weighted by atomic mass is 79.9. The summed E-state index contributed by atoms with van der Waals surface area (Å²) in [5, 5.41) is 3.46. The first-order chi connectivity index (χ1) is 8.11. The van der Waals surface area contributed by atoms with E-state index in [0.717, 1.165) is 24.2 Å². The van der Waals surface area contributed by atoms with Crippen molar-refractivity contribution in [3.8, 4) is 0 Å². The maximum absolute atomic E-state index is 5.54. The zero-order valence-electron chi connectivity index (χ0n) is 10.9. The lowest BCUT2D eigenvalue weighted by atomic mass is 10.1. The van der Waals surface area contributed by atoms with Gasteiger partial charge in [0, 0.05) is 23.7 Å². The Labute approximate surface area is 113 Å². The van der Waals surface area contributed by atoms with Crippen molar-refractivity contribution in [2.75, 3.05) is 19.8 Å². The van der Waals surface area contributed by atoms with Crippen LogP contribution < -0.4 is 5.32 Å². The largest absolute Gasteiger partial charge is 0.380 e. The first-order valence-corrected chi connectivity index (χ1v) is 6.96. The molecule has 1 rings (SSSR count). The van der Waals surface area contributed by atoms with Crippen molar-refractivity contribution < 1.29 is 4.74 Å². The molecule has 1 N–H and O–H groups in total. The van der Waals surface area contributed by atoms with E-state index in [1.807, 2.05) is 6.07 Å². The zero-order valence-corrected chi connectivity index (χ0v) is 12.5. The van der Waals surface area contributed by atoms with Gasteiger partial charge < -0.3 is 10.1 Å². The molecule has 0 fully saturated rings. The van der Waals surface area contributed by atoms with Crippen LogP contribution in [0.4, 0.5) is 0 Å². The Hall–Kier alpha value is -0.380. The summed E-state index contributed by atoms with van der Waals surface area (Å²) in [5.74, 6) is 0.607. The lowest BCUT2D eigenvalue weighted by Crippen LogP contribution is -2.24. The number of benzene rings is 1. The minimum absolute atomic E-state index is 0.341. The van der Waals surface area contributed by atoms with Gasteiger partial charge in [-0.1, -0.05) is 48.0 Å². The molecule has 2 nitrogen and oxygen atoms in total. The van der Waals surface area contributed by atoms with E-state index in [0.29, 0.717) is 12.0 Å². The average molecular weight is 300 g/mol. The summed E-state index contributed by atoms with van der Waals surface area (Å²) >= 11 is 3.57. The first-order valence-electron chi connectivity index (χ1n) is 6.16. The summed E-state index contributed by atoms with van der Waals surface area (Å²) in [6.45, 7) is 8.99. The van der Waals surface area contributed by atoms with Crippen molar-refractivity contribution in [1.29, 1.82) is 0 Å². The van der Waals surface area contributed by atoms with Crippen molar-refractivity contribution in [2.45, 2.75) is 26.8 Å². The summed E-state index contributed by atoms with van der Waals surface area (Å²) < 4.78 is 6.69. The third-order valence-electron chi connectivity index (χ3n) is 2.52. The highest BCUT2D eigenvalue weighted by Crippen LogP contribution is 2.22. The second kappa shape index (κ2) is 7.85. The lowest BCUT2D eigenvalue weighted by molar-refractivity contribution is 0.110. The fourth-order valence-corrected chi connectivity index (χ4v) is 2.23. The highest BCUT2D eigenvalue weighted by Gasteiger charge is 2.07. The molecule has 3 heteroatoms. The third kappa shape index (κ3) is 5.66. The summed E-state index contributed by atoms with van der Waals surface area (Å²) in [6.07, 6.45) is 0. The monoisotopic (exact) mass is 299 g/mol. The molecule has 0 aliphatic rings. The summed E-state index contributed by atoms with van der Waals surface area (Å²) in [7, 11) is 0. The van der Waals surface area contributed by atoms with Gasteiger partial charge in [0.2, 0.25) is 0 Å². The molecule has 0 radical (unpaired) electrons. The maximum atomic E-state index is 5.54. The summed E-state index contributed by atoms with van der Waals surface area (Å²) in [6, 6.07) is 8.65. The molecular formula is C14H22BrNO. The zero-order chi connectivity index (χ0) is 12.7. The van der Waals surface area contributed by atoms with Crippen LogP contribution in [0, 0.1) is 5.92 Å². The molecule has 0 amide bonds. The predicted molar refractivity (Wildman–Crippen MR) is 76.2 cm³/mol. The normalized spacial score (nSPS) is 13.0. The predicted octanol–water partition coefficient (Wildman–Crippen LogP) is 3.77. The molecule has 0 saturated carbocycles. The highest BCUT2D eigenvalue weighted by molar-refractivity contribution is 9.10. The van der Waals surface area contributed by atoms with Crippen LogP contribution in [0.25, 0.3) is 0 Å². The van der Waals surface area contributed by atoms with E-state index in [2.05, 4.69) is 60.2 Å². The average Bonchev–Trinajstić information content (AvgIpc) is 2.28. The van der Waals surface area contributed by atoms with Crippen LogP contribution in [0.1, 0.15) is 32.4 Å². The second-order valence-corrected chi connectivity index (χ2v) is 5.52. The van der Waals surface area contributed by atoms with Gasteiger partial charge in [0.15, 0.2) is 0 Å². The molecule has 0 heterocycles. The van der Waals surface area contributed by atoms with Gasteiger partial charge >= 0.3 is 0 Å². The van der Waals surface area contributed by atoms with E-state index in [4.69, 9.17) is 4.74 Å². The van der Waals surface area contributed by atoms with Crippen LogP contribution in [0.15, 0.2) is 28.7 Å². The van der Waals surface area contributed by atoms with Crippen LogP contribution in [0.2, 0.25) is 0 Å². The number of rotatable bonds is 7. The van der Waals surface area contributed by atoms with Crippen LogP contribution >= 0.6 is 15.9 Å². The van der Waals surface area contributed by atoms with Gasteiger partial charge in [-0.3, -0.25) is 0 Å². The van der Waals surface area contributed by atoms with Crippen LogP contribution in [0.5, 0.6) is 0 Å². The quantitative estimate of drug-likeness (QED) is 0.774. The van der Waals surface area contributed by atoms with Crippen LogP contribution in [-0.4, -0.2) is 19.8 Å². The fraction of sp³-hybridized carbons (Fsp3) is 0.571. The molecule has 17 heavy (non-hydrogen) atoms. The maximum Gasteiger partial charge on any atom is 0.0591 e. The van der Waals surface area contributed by atoms with Gasteiger partial charge in [-0.15, -0.1) is 0 Å². The number of hydrogen-bond donors (Lipinski definition) is 1. The third-order valence-corrected chi connectivity index (χ3v) is 3.24. The Morgan fingerprint density at radius 1 is 1.24 bits per heavy atom. The first kappa shape index (κ1) is 14.7. The van der Waals surface area contributed by atoms with Gasteiger partial charge in [0.05, 0.1) is 6.61 Å². The molecule has 0 spiro atoms. The molecule has 0 saturated heterocycles. The Morgan fingerprint density at radius 3 is 2.59 bits per heavy atom. The van der Waals surface area contributed by atoms with E-state index in [-0.39, 0.29) is 0 Å². The molecule has 0 aliphatic carbocycles. The Kier molecular flexibility index (Phi) is 6.78. The molecule has 0 aliphatic heterocycles. The van der Waals surface area contributed by atoms with Crippen molar-refractivity contribution >= 4 is 15.9 Å². The second-order valence-electron chi connectivity index (χ2n) is 4.67. The van der Waals surface area contributed by atoms with Gasteiger partial charge in [0.1, 0.15) is 0 Å². The van der Waals surface area contributed by atoms with Gasteiger partial charge in [0.25, 0.3) is 0 Å². The van der Waals surface area contributed by atoms with Crippen LogP contribution in [0.3, 0.4) is 0 Å². The summed E-state index contributed by atoms with van der Waals surface area (Å²) in [5.41, 5.74) is 1.29. The van der Waals surface area contributed by atoms with Crippen LogP contribution in [-0.2, 0) is 4.74 Å². The van der Waals surface area contributed by atoms with E-state index >= 15 is 0 Å². The Bertz CT molecular complexity index is 328. The smallest absolute Gasteiger partial charge is 0.0591 e. The fourth-order valence-electron chi connectivity index (χ4n) is 1.60. The van der Waals surface area contributed by atoms with Gasteiger partial charge in [-0.05, 0) is 24.5 Å². The minimum Gasteiger partial charge on any atom is -0.380 e. The lowest BCUT2D eigenvalue weighted by Gasteiger charge is -2.16. The summed E-state index contributed by atoms with van der Waals surface area (Å²) in [4.78, 5) is 0. The van der Waals surface area contributed by atoms with Gasteiger partial charge in [-0.25, -0.2) is 0 Å². The molecule has 0 bridgehead atoms. The molecule has 1 aromatic rings. The number of nitrogens with one attached hydrogen (secondary N) is 1. The number of halogens is 1. The molecular weight excluding hydrogens is 278 g/mol. The molecule has 0 aromatic heterocycles. The molecule has 1 atom stereocenters. The van der Waals surface area contributed by atoms with Crippen molar-refractivity contribution in [3.05, 3.63) is 34.3 Å². The topological polar surface area (TPSA) is 21.3 Å². The van der Waals surface area contributed by atoms with Gasteiger partial charge in [-0.2, -0.15) is 0 Å². The van der Waals surface area contributed by atoms with E-state index in [1.165, 1.54) is 5.56 Å². The molecule has 96 valence electrons. The van der Waals surface area contributed by atoms with E-state index < -0.39 is 0 Å². The van der Waals surface area contributed by atoms with E-state index in [9.17, 15) is 0 Å². The van der Waals surface area contributed by atoms with E-state index in [1.54, 1.807) is 0 Å². The number of ether oxygens (including phenoxy) is 1. The Morgan fingerprint density at radius 2 is 1.94 bits per heavy atom. The van der Waals surface area contributed by atoms with Crippen molar-refractivity contribution in [1.82, 2.24) is 5.32 Å². The minimum atomic E-state index is 0.341.